The second-order valence-corrected chi connectivity index (χ2v) is 7.39. The van der Waals surface area contributed by atoms with Crippen molar-refractivity contribution in [3.8, 4) is 0 Å². The quantitative estimate of drug-likeness (QED) is 0.351. The maximum atomic E-state index is 2.49. The summed E-state index contributed by atoms with van der Waals surface area (Å²) in [5, 5.41) is 0. The van der Waals surface area contributed by atoms with Gasteiger partial charge in [0.05, 0.1) is 0 Å². The lowest BCUT2D eigenvalue weighted by molar-refractivity contribution is 0.661. The number of hydrogen-bond donors (Lipinski definition) is 0. The lowest BCUT2D eigenvalue weighted by Gasteiger charge is -2.13. The molecule has 0 saturated carbocycles. The summed E-state index contributed by atoms with van der Waals surface area (Å²) < 4.78 is 0. The van der Waals surface area contributed by atoms with Crippen molar-refractivity contribution < 1.29 is 0 Å². The first-order valence-electron chi connectivity index (χ1n) is 10.5. The maximum Gasteiger partial charge on any atom is -0.00229 e. The van der Waals surface area contributed by atoms with Crippen molar-refractivity contribution in [3.05, 3.63) is 70.8 Å². The molecule has 0 aliphatic heterocycles. The van der Waals surface area contributed by atoms with E-state index in [-0.39, 0.29) is 0 Å². The first-order chi connectivity index (χ1) is 12.3. The van der Waals surface area contributed by atoms with Crippen LogP contribution in [-0.4, -0.2) is 0 Å². The Bertz CT molecular complexity index is 582. The minimum atomic E-state index is 1.08. The van der Waals surface area contributed by atoms with E-state index in [9.17, 15) is 0 Å². The molecule has 0 heterocycles. The molecule has 2 aromatic carbocycles. The lowest BCUT2D eigenvalue weighted by atomic mass is 9.93. The summed E-state index contributed by atoms with van der Waals surface area (Å²) in [6, 6.07) is 18.2. The Morgan fingerprint density at radius 1 is 0.560 bits per heavy atom. The Balaban J connectivity index is 2.05. The summed E-state index contributed by atoms with van der Waals surface area (Å²) in [4.78, 5) is 0. The van der Waals surface area contributed by atoms with Crippen LogP contribution in [0.5, 0.6) is 0 Å². The van der Waals surface area contributed by atoms with Crippen molar-refractivity contribution in [2.45, 2.75) is 84.5 Å². The molecule has 25 heavy (non-hydrogen) atoms. The summed E-state index contributed by atoms with van der Waals surface area (Å²) >= 11 is 0. The van der Waals surface area contributed by atoms with E-state index in [1.54, 1.807) is 11.1 Å². The predicted molar refractivity (Wildman–Crippen MR) is 111 cm³/mol. The third-order valence-corrected chi connectivity index (χ3v) is 5.13. The van der Waals surface area contributed by atoms with Crippen LogP contribution in [0.2, 0.25) is 0 Å². The van der Waals surface area contributed by atoms with Gasteiger partial charge in [-0.1, -0.05) is 101 Å². The average molecular weight is 337 g/mol. The van der Waals surface area contributed by atoms with Crippen molar-refractivity contribution in [1.29, 1.82) is 0 Å². The fourth-order valence-corrected chi connectivity index (χ4v) is 3.56. The zero-order valence-corrected chi connectivity index (χ0v) is 16.4. The van der Waals surface area contributed by atoms with E-state index in [1.807, 2.05) is 0 Å². The molecule has 0 aromatic heterocycles. The van der Waals surface area contributed by atoms with E-state index in [1.165, 1.54) is 75.3 Å². The summed E-state index contributed by atoms with van der Waals surface area (Å²) in [7, 11) is 0. The van der Waals surface area contributed by atoms with Crippen molar-refractivity contribution in [3.63, 3.8) is 0 Å². The van der Waals surface area contributed by atoms with Gasteiger partial charge in [0.1, 0.15) is 0 Å². The van der Waals surface area contributed by atoms with Crippen molar-refractivity contribution in [2.75, 3.05) is 0 Å². The molecule has 2 aromatic rings. The number of hydrogen-bond acceptors (Lipinski definition) is 0. The van der Waals surface area contributed by atoms with E-state index in [0.717, 1.165) is 6.42 Å². The zero-order valence-electron chi connectivity index (χ0n) is 16.4. The molecule has 0 bridgehead atoms. The van der Waals surface area contributed by atoms with Gasteiger partial charge in [0.25, 0.3) is 0 Å². The Kier molecular flexibility index (Phi) is 9.41. The highest BCUT2D eigenvalue weighted by molar-refractivity contribution is 5.36. The average Bonchev–Trinajstić information content (AvgIpc) is 2.64. The Labute approximate surface area is 155 Å². The number of unbranched alkanes of at least 4 members (excludes halogenated alkanes) is 6. The molecule has 0 fully saturated rings. The summed E-state index contributed by atoms with van der Waals surface area (Å²) in [5.74, 6) is 0. The van der Waals surface area contributed by atoms with Crippen LogP contribution in [-0.2, 0) is 19.3 Å². The molecule has 0 unspecified atom stereocenters. The molecule has 0 radical (unpaired) electrons. The van der Waals surface area contributed by atoms with E-state index >= 15 is 0 Å². The summed E-state index contributed by atoms with van der Waals surface area (Å²) in [5.41, 5.74) is 6.08. The van der Waals surface area contributed by atoms with Gasteiger partial charge < -0.3 is 0 Å². The van der Waals surface area contributed by atoms with Crippen LogP contribution < -0.4 is 0 Å². The van der Waals surface area contributed by atoms with Crippen LogP contribution in [0.15, 0.2) is 48.5 Å². The molecule has 0 aliphatic rings. The van der Waals surface area contributed by atoms with E-state index in [4.69, 9.17) is 0 Å². The highest BCUT2D eigenvalue weighted by atomic mass is 14.1. The molecule has 0 atom stereocenters. The number of rotatable bonds is 12. The monoisotopic (exact) mass is 336 g/mol. The molecule has 2 rings (SSSR count). The van der Waals surface area contributed by atoms with Crippen molar-refractivity contribution >= 4 is 0 Å². The molecule has 0 N–H and O–H groups in total. The van der Waals surface area contributed by atoms with Gasteiger partial charge in [0.15, 0.2) is 0 Å². The van der Waals surface area contributed by atoms with Crippen LogP contribution in [0.1, 0.15) is 87.5 Å². The van der Waals surface area contributed by atoms with E-state index in [0.29, 0.717) is 0 Å². The molecule has 0 spiro atoms. The van der Waals surface area contributed by atoms with Crippen molar-refractivity contribution in [2.24, 2.45) is 0 Å². The largest absolute Gasteiger partial charge is 0.0654 e. The summed E-state index contributed by atoms with van der Waals surface area (Å²) in [6.07, 6.45) is 14.3. The van der Waals surface area contributed by atoms with E-state index in [2.05, 4.69) is 62.4 Å². The fraction of sp³-hybridized carbons (Fsp3) is 0.520. The van der Waals surface area contributed by atoms with Crippen LogP contribution >= 0.6 is 0 Å². The smallest absolute Gasteiger partial charge is 0.00229 e. The highest BCUT2D eigenvalue weighted by Crippen LogP contribution is 2.21. The third kappa shape index (κ3) is 7.46. The van der Waals surface area contributed by atoms with Crippen LogP contribution in [0.4, 0.5) is 0 Å². The van der Waals surface area contributed by atoms with Gasteiger partial charge in [-0.25, -0.2) is 0 Å². The zero-order chi connectivity index (χ0) is 17.7. The Morgan fingerprint density at radius 2 is 1.24 bits per heavy atom. The minimum Gasteiger partial charge on any atom is -0.0654 e. The van der Waals surface area contributed by atoms with Crippen LogP contribution in [0.3, 0.4) is 0 Å². The second kappa shape index (κ2) is 11.9. The van der Waals surface area contributed by atoms with Crippen LogP contribution in [0, 0.1) is 0 Å². The maximum absolute atomic E-state index is 2.49. The molecule has 0 nitrogen and oxygen atoms in total. The number of benzene rings is 2. The predicted octanol–water partition coefficient (Wildman–Crippen LogP) is 7.52. The molecule has 136 valence electrons. The van der Waals surface area contributed by atoms with Gasteiger partial charge in [0, 0.05) is 0 Å². The Hall–Kier alpha value is -1.56. The summed E-state index contributed by atoms with van der Waals surface area (Å²) in [6.45, 7) is 4.57. The topological polar surface area (TPSA) is 0 Å². The third-order valence-electron chi connectivity index (χ3n) is 5.13. The van der Waals surface area contributed by atoms with Crippen LogP contribution in [0.25, 0.3) is 0 Å². The molecule has 0 saturated heterocycles. The Morgan fingerprint density at radius 3 is 1.92 bits per heavy atom. The van der Waals surface area contributed by atoms with Gasteiger partial charge in [-0.3, -0.25) is 0 Å². The first kappa shape index (κ1) is 19.8. The minimum absolute atomic E-state index is 1.08. The van der Waals surface area contributed by atoms with Gasteiger partial charge in [-0.05, 0) is 54.4 Å². The second-order valence-electron chi connectivity index (χ2n) is 7.39. The fourth-order valence-electron chi connectivity index (χ4n) is 3.56. The molecule has 0 aliphatic carbocycles. The lowest BCUT2D eigenvalue weighted by Crippen LogP contribution is -1.99. The van der Waals surface area contributed by atoms with Crippen molar-refractivity contribution in [1.82, 2.24) is 0 Å². The molecule has 0 heteroatoms. The molecule has 0 amide bonds. The SMILES string of the molecule is CCCCCCc1ccc(CCCCCC)c(Cc2ccccc2)c1. The molecular weight excluding hydrogens is 300 g/mol. The van der Waals surface area contributed by atoms with Gasteiger partial charge in [-0.15, -0.1) is 0 Å². The highest BCUT2D eigenvalue weighted by Gasteiger charge is 2.06. The molecular formula is C25H36. The first-order valence-corrected chi connectivity index (χ1v) is 10.5. The number of aryl methyl sites for hydroxylation is 2. The van der Waals surface area contributed by atoms with Gasteiger partial charge in [-0.2, -0.15) is 0 Å². The normalized spacial score (nSPS) is 11.0. The standard InChI is InChI=1S/C25H36/c1-3-5-7-10-16-23-18-19-24(17-13-8-6-4-2)25(21-23)20-22-14-11-9-12-15-22/h9,11-12,14-15,18-19,21H,3-8,10,13,16-17,20H2,1-2H3. The van der Waals surface area contributed by atoms with E-state index < -0.39 is 0 Å². The van der Waals surface area contributed by atoms with Gasteiger partial charge >= 0.3 is 0 Å². The van der Waals surface area contributed by atoms with Gasteiger partial charge in [0.2, 0.25) is 0 Å².